The maximum atomic E-state index is 11.0. The molecule has 0 aliphatic rings. The molecular weight excluding hydrogens is 276 g/mol. The highest BCUT2D eigenvalue weighted by atomic mass is 35.5. The molecule has 0 saturated heterocycles. The lowest BCUT2D eigenvalue weighted by Gasteiger charge is -2.17. The summed E-state index contributed by atoms with van der Waals surface area (Å²) in [5, 5.41) is 14.9. The molecular formula is C15H15ClN2O2. The number of rotatable bonds is 4. The smallest absolute Gasteiger partial charge is 0.272 e. The first-order chi connectivity index (χ1) is 9.49. The van der Waals surface area contributed by atoms with E-state index in [1.54, 1.807) is 25.1 Å². The lowest BCUT2D eigenvalue weighted by atomic mass is 10.0. The third-order valence-electron chi connectivity index (χ3n) is 3.18. The Kier molecular flexibility index (Phi) is 4.25. The third-order valence-corrected chi connectivity index (χ3v) is 3.51. The third kappa shape index (κ3) is 3.08. The van der Waals surface area contributed by atoms with E-state index < -0.39 is 0 Å². The zero-order chi connectivity index (χ0) is 14.7. The van der Waals surface area contributed by atoms with Crippen LogP contribution in [0.4, 0.5) is 11.4 Å². The Bertz CT molecular complexity index is 644. The molecule has 1 atom stereocenters. The van der Waals surface area contributed by atoms with Crippen LogP contribution in [0, 0.1) is 17.0 Å². The van der Waals surface area contributed by atoms with Gasteiger partial charge in [0.2, 0.25) is 0 Å². The number of nitrogens with zero attached hydrogens (tertiary/aromatic N) is 1. The number of para-hydroxylation sites is 1. The molecule has 5 heteroatoms. The molecule has 0 heterocycles. The molecule has 0 radical (unpaired) electrons. The zero-order valence-corrected chi connectivity index (χ0v) is 12.0. The minimum Gasteiger partial charge on any atom is -0.377 e. The molecule has 0 aliphatic heterocycles. The van der Waals surface area contributed by atoms with Crippen LogP contribution in [0.25, 0.3) is 0 Å². The van der Waals surface area contributed by atoms with Crippen molar-refractivity contribution in [3.8, 4) is 0 Å². The predicted molar refractivity (Wildman–Crippen MR) is 81.3 cm³/mol. The summed E-state index contributed by atoms with van der Waals surface area (Å²) in [6, 6.07) is 12.6. The molecule has 4 nitrogen and oxygen atoms in total. The van der Waals surface area contributed by atoms with Gasteiger partial charge in [0.25, 0.3) is 5.69 Å². The summed E-state index contributed by atoms with van der Waals surface area (Å²) in [5.74, 6) is 0. The van der Waals surface area contributed by atoms with Gasteiger partial charge in [-0.15, -0.1) is 0 Å². The van der Waals surface area contributed by atoms with E-state index in [0.29, 0.717) is 10.6 Å². The van der Waals surface area contributed by atoms with Crippen molar-refractivity contribution in [1.82, 2.24) is 0 Å². The number of benzene rings is 2. The fourth-order valence-electron chi connectivity index (χ4n) is 1.99. The van der Waals surface area contributed by atoms with Crippen LogP contribution in [-0.2, 0) is 0 Å². The Morgan fingerprint density at radius 3 is 2.60 bits per heavy atom. The zero-order valence-electron chi connectivity index (χ0n) is 11.3. The van der Waals surface area contributed by atoms with Crippen LogP contribution >= 0.6 is 11.6 Å². The second-order valence-corrected chi connectivity index (χ2v) is 5.06. The molecule has 0 aliphatic carbocycles. The molecule has 0 aromatic heterocycles. The molecule has 2 rings (SSSR count). The highest BCUT2D eigenvalue weighted by Gasteiger charge is 2.14. The molecule has 0 spiro atoms. The molecule has 1 unspecified atom stereocenters. The van der Waals surface area contributed by atoms with Crippen LogP contribution in [0.3, 0.4) is 0 Å². The Morgan fingerprint density at radius 1 is 1.25 bits per heavy atom. The van der Waals surface area contributed by atoms with Gasteiger partial charge in [0.05, 0.1) is 15.6 Å². The van der Waals surface area contributed by atoms with Gasteiger partial charge in [-0.1, -0.05) is 35.9 Å². The van der Waals surface area contributed by atoms with Crippen LogP contribution in [0.1, 0.15) is 24.1 Å². The molecule has 0 bridgehead atoms. The fourth-order valence-corrected chi connectivity index (χ4v) is 2.18. The lowest BCUT2D eigenvalue weighted by molar-refractivity contribution is -0.385. The van der Waals surface area contributed by atoms with Crippen LogP contribution in [0.15, 0.2) is 42.5 Å². The van der Waals surface area contributed by atoms with Gasteiger partial charge in [-0.05, 0) is 31.5 Å². The van der Waals surface area contributed by atoms with Gasteiger partial charge >= 0.3 is 0 Å². The molecule has 20 heavy (non-hydrogen) atoms. The van der Waals surface area contributed by atoms with Crippen molar-refractivity contribution >= 4 is 23.0 Å². The summed E-state index contributed by atoms with van der Waals surface area (Å²) < 4.78 is 0. The van der Waals surface area contributed by atoms with Gasteiger partial charge in [0.1, 0.15) is 0 Å². The number of hydrogen-bond donors (Lipinski definition) is 1. The number of aryl methyl sites for hydroxylation is 1. The summed E-state index contributed by atoms with van der Waals surface area (Å²) in [7, 11) is 0. The van der Waals surface area contributed by atoms with E-state index >= 15 is 0 Å². The molecule has 0 amide bonds. The molecule has 2 aromatic rings. The number of halogens is 1. The Labute approximate surface area is 122 Å². The predicted octanol–water partition coefficient (Wildman–Crippen LogP) is 4.73. The van der Waals surface area contributed by atoms with Crippen molar-refractivity contribution in [2.75, 3.05) is 5.32 Å². The van der Waals surface area contributed by atoms with E-state index in [2.05, 4.69) is 5.32 Å². The van der Waals surface area contributed by atoms with E-state index in [1.807, 2.05) is 31.2 Å². The Morgan fingerprint density at radius 2 is 1.95 bits per heavy atom. The minimum absolute atomic E-state index is 0.0748. The van der Waals surface area contributed by atoms with Crippen molar-refractivity contribution in [2.24, 2.45) is 0 Å². The summed E-state index contributed by atoms with van der Waals surface area (Å²) in [4.78, 5) is 10.6. The summed E-state index contributed by atoms with van der Waals surface area (Å²) in [6.07, 6.45) is 0. The second kappa shape index (κ2) is 5.92. The van der Waals surface area contributed by atoms with Gasteiger partial charge < -0.3 is 5.32 Å². The van der Waals surface area contributed by atoms with E-state index in [9.17, 15) is 10.1 Å². The quantitative estimate of drug-likeness (QED) is 0.654. The van der Waals surface area contributed by atoms with E-state index in [0.717, 1.165) is 11.3 Å². The number of nitro groups is 1. The first kappa shape index (κ1) is 14.3. The second-order valence-electron chi connectivity index (χ2n) is 4.65. The molecule has 1 N–H and O–H groups in total. The van der Waals surface area contributed by atoms with Crippen molar-refractivity contribution in [1.29, 1.82) is 0 Å². The number of hydrogen-bond acceptors (Lipinski definition) is 3. The fraction of sp³-hybridized carbons (Fsp3) is 0.200. The Hall–Kier alpha value is -2.07. The summed E-state index contributed by atoms with van der Waals surface area (Å²) in [5.41, 5.74) is 2.45. The number of nitro benzene ring substituents is 1. The largest absolute Gasteiger partial charge is 0.377 e. The van der Waals surface area contributed by atoms with Crippen LogP contribution < -0.4 is 5.32 Å². The van der Waals surface area contributed by atoms with Crippen LogP contribution in [0.5, 0.6) is 0 Å². The molecule has 0 fully saturated rings. The van der Waals surface area contributed by atoms with Crippen molar-refractivity contribution in [3.05, 3.63) is 68.7 Å². The summed E-state index contributed by atoms with van der Waals surface area (Å²) in [6.45, 7) is 3.67. The van der Waals surface area contributed by atoms with Crippen molar-refractivity contribution in [2.45, 2.75) is 19.9 Å². The maximum absolute atomic E-state index is 11.0. The maximum Gasteiger partial charge on any atom is 0.272 e. The first-order valence-electron chi connectivity index (χ1n) is 6.25. The summed E-state index contributed by atoms with van der Waals surface area (Å²) >= 11 is 6.09. The SMILES string of the molecule is Cc1ccc(C(C)Nc2ccccc2Cl)cc1[N+](=O)[O-]. The monoisotopic (exact) mass is 290 g/mol. The number of anilines is 1. The van der Waals surface area contributed by atoms with E-state index in [4.69, 9.17) is 11.6 Å². The minimum atomic E-state index is -0.360. The van der Waals surface area contributed by atoms with Crippen LogP contribution in [-0.4, -0.2) is 4.92 Å². The molecule has 0 saturated carbocycles. The highest BCUT2D eigenvalue weighted by Crippen LogP contribution is 2.28. The van der Waals surface area contributed by atoms with Crippen LogP contribution in [0.2, 0.25) is 5.02 Å². The highest BCUT2D eigenvalue weighted by molar-refractivity contribution is 6.33. The van der Waals surface area contributed by atoms with Crippen molar-refractivity contribution < 1.29 is 4.92 Å². The van der Waals surface area contributed by atoms with Crippen molar-refractivity contribution in [3.63, 3.8) is 0 Å². The first-order valence-corrected chi connectivity index (χ1v) is 6.63. The van der Waals surface area contributed by atoms with Gasteiger partial charge in [-0.2, -0.15) is 0 Å². The number of nitrogens with one attached hydrogen (secondary N) is 1. The average Bonchev–Trinajstić information content (AvgIpc) is 2.41. The van der Waals surface area contributed by atoms with E-state index in [1.165, 1.54) is 0 Å². The van der Waals surface area contributed by atoms with Gasteiger partial charge in [-0.3, -0.25) is 10.1 Å². The Balaban J connectivity index is 2.26. The molecule has 104 valence electrons. The van der Waals surface area contributed by atoms with E-state index in [-0.39, 0.29) is 16.7 Å². The molecule has 2 aromatic carbocycles. The average molecular weight is 291 g/mol. The normalized spacial score (nSPS) is 11.9. The standard InChI is InChI=1S/C15H15ClN2O2/c1-10-7-8-12(9-15(10)18(19)20)11(2)17-14-6-4-3-5-13(14)16/h3-9,11,17H,1-2H3. The van der Waals surface area contributed by atoms with Gasteiger partial charge in [-0.25, -0.2) is 0 Å². The van der Waals surface area contributed by atoms with Gasteiger partial charge in [0.15, 0.2) is 0 Å². The lowest BCUT2D eigenvalue weighted by Crippen LogP contribution is -2.07. The topological polar surface area (TPSA) is 55.2 Å². The van der Waals surface area contributed by atoms with Gasteiger partial charge in [0, 0.05) is 17.7 Å².